The Labute approximate surface area is 151 Å². The Balaban J connectivity index is 2.45. The van der Waals surface area contributed by atoms with Gasteiger partial charge in [-0.15, -0.1) is 0 Å². The maximum atomic E-state index is 12.2. The molecule has 4 heteroatoms. The summed E-state index contributed by atoms with van der Waals surface area (Å²) in [6, 6.07) is 6.56. The van der Waals surface area contributed by atoms with Crippen molar-refractivity contribution in [2.75, 3.05) is 6.61 Å². The maximum absolute atomic E-state index is 12.2. The summed E-state index contributed by atoms with van der Waals surface area (Å²) in [5.41, 5.74) is 0.783. The van der Waals surface area contributed by atoms with Crippen LogP contribution < -0.4 is 0 Å². The number of rotatable bonds is 12. The molecule has 0 spiro atoms. The van der Waals surface area contributed by atoms with Crippen molar-refractivity contribution in [1.82, 2.24) is 0 Å². The van der Waals surface area contributed by atoms with Crippen molar-refractivity contribution in [2.45, 2.75) is 78.2 Å². The van der Waals surface area contributed by atoms with Crippen molar-refractivity contribution in [2.24, 2.45) is 0 Å². The first kappa shape index (κ1) is 21.2. The zero-order chi connectivity index (χ0) is 18.5. The summed E-state index contributed by atoms with van der Waals surface area (Å²) in [5, 5.41) is 0. The highest BCUT2D eigenvalue weighted by Gasteiger charge is 2.15. The van der Waals surface area contributed by atoms with Gasteiger partial charge in [-0.1, -0.05) is 58.9 Å². The molecule has 0 fully saturated rings. The van der Waals surface area contributed by atoms with E-state index in [4.69, 9.17) is 9.47 Å². The van der Waals surface area contributed by atoms with Crippen molar-refractivity contribution >= 4 is 11.9 Å². The summed E-state index contributed by atoms with van der Waals surface area (Å²) < 4.78 is 10.7. The molecule has 0 aromatic heterocycles. The monoisotopic (exact) mass is 348 g/mol. The first-order chi connectivity index (χ1) is 12.1. The first-order valence-electron chi connectivity index (χ1n) is 9.60. The number of esters is 2. The lowest BCUT2D eigenvalue weighted by Gasteiger charge is -2.14. The Morgan fingerprint density at radius 2 is 1.48 bits per heavy atom. The van der Waals surface area contributed by atoms with Crippen LogP contribution in [-0.2, 0) is 9.47 Å². The Kier molecular flexibility index (Phi) is 10.6. The molecule has 0 aliphatic carbocycles. The van der Waals surface area contributed by atoms with Gasteiger partial charge in [-0.3, -0.25) is 0 Å². The van der Waals surface area contributed by atoms with Gasteiger partial charge in [0.2, 0.25) is 0 Å². The predicted octanol–water partition coefficient (Wildman–Crippen LogP) is 5.55. The molecule has 0 saturated carbocycles. The van der Waals surface area contributed by atoms with Crippen LogP contribution in [0.4, 0.5) is 0 Å². The van der Waals surface area contributed by atoms with Crippen molar-refractivity contribution in [1.29, 1.82) is 0 Å². The smallest absolute Gasteiger partial charge is 0.338 e. The normalized spacial score (nSPS) is 10.7. The molecular weight excluding hydrogens is 316 g/mol. The maximum Gasteiger partial charge on any atom is 0.338 e. The molecule has 0 unspecified atom stereocenters. The fraction of sp³-hybridized carbons (Fsp3) is 0.619. The molecule has 0 amide bonds. The van der Waals surface area contributed by atoms with E-state index < -0.39 is 0 Å². The van der Waals surface area contributed by atoms with Gasteiger partial charge in [0.25, 0.3) is 0 Å². The molecule has 4 nitrogen and oxygen atoms in total. The van der Waals surface area contributed by atoms with Crippen LogP contribution in [0.25, 0.3) is 0 Å². The van der Waals surface area contributed by atoms with Crippen LogP contribution >= 0.6 is 0 Å². The van der Waals surface area contributed by atoms with Crippen molar-refractivity contribution < 1.29 is 19.1 Å². The molecule has 0 aliphatic rings. The highest BCUT2D eigenvalue weighted by molar-refractivity contribution is 5.95. The second-order valence-electron chi connectivity index (χ2n) is 6.33. The van der Waals surface area contributed by atoms with Crippen LogP contribution in [0.15, 0.2) is 24.3 Å². The van der Waals surface area contributed by atoms with E-state index >= 15 is 0 Å². The van der Waals surface area contributed by atoms with Crippen molar-refractivity contribution in [3.05, 3.63) is 35.4 Å². The van der Waals surface area contributed by atoms with E-state index in [1.165, 1.54) is 25.7 Å². The van der Waals surface area contributed by atoms with Crippen LogP contribution in [0.5, 0.6) is 0 Å². The summed E-state index contributed by atoms with van der Waals surface area (Å²) in [4.78, 5) is 24.3. The van der Waals surface area contributed by atoms with Crippen LogP contribution in [0, 0.1) is 0 Å². The zero-order valence-corrected chi connectivity index (χ0v) is 15.9. The number of hydrogen-bond donors (Lipinski definition) is 0. The fourth-order valence-corrected chi connectivity index (χ4v) is 2.58. The lowest BCUT2D eigenvalue weighted by molar-refractivity contribution is 0.0284. The predicted molar refractivity (Wildman–Crippen MR) is 99.9 cm³/mol. The van der Waals surface area contributed by atoms with E-state index in [9.17, 15) is 9.59 Å². The number of benzene rings is 1. The molecular formula is C21H32O4. The molecule has 140 valence electrons. The second kappa shape index (κ2) is 12.5. The zero-order valence-electron chi connectivity index (χ0n) is 15.9. The minimum absolute atomic E-state index is 0.0872. The molecule has 0 saturated heterocycles. The molecule has 0 heterocycles. The number of hydrogen-bond acceptors (Lipinski definition) is 4. The van der Waals surface area contributed by atoms with Gasteiger partial charge in [-0.05, 0) is 37.5 Å². The van der Waals surface area contributed by atoms with Crippen LogP contribution in [-0.4, -0.2) is 24.6 Å². The average Bonchev–Trinajstić information content (AvgIpc) is 2.65. The summed E-state index contributed by atoms with van der Waals surface area (Å²) in [6.07, 6.45) is 8.35. The molecule has 25 heavy (non-hydrogen) atoms. The van der Waals surface area contributed by atoms with Gasteiger partial charge in [-0.2, -0.15) is 0 Å². The van der Waals surface area contributed by atoms with Gasteiger partial charge in [0.1, 0.15) is 6.10 Å². The average molecular weight is 348 g/mol. The van der Waals surface area contributed by atoms with Gasteiger partial charge >= 0.3 is 11.9 Å². The van der Waals surface area contributed by atoms with Crippen LogP contribution in [0.1, 0.15) is 92.9 Å². The quantitative estimate of drug-likeness (QED) is 0.367. The fourth-order valence-electron chi connectivity index (χ4n) is 2.58. The third-order valence-corrected chi connectivity index (χ3v) is 4.25. The second-order valence-corrected chi connectivity index (χ2v) is 6.33. The van der Waals surface area contributed by atoms with Crippen molar-refractivity contribution in [3.63, 3.8) is 0 Å². The summed E-state index contributed by atoms with van der Waals surface area (Å²) in [7, 11) is 0. The van der Waals surface area contributed by atoms with E-state index in [1.54, 1.807) is 24.3 Å². The minimum atomic E-state index is -0.390. The van der Waals surface area contributed by atoms with Crippen LogP contribution in [0.3, 0.4) is 0 Å². The number of ether oxygens (including phenoxy) is 2. The summed E-state index contributed by atoms with van der Waals surface area (Å²) in [6.45, 7) is 6.58. The topological polar surface area (TPSA) is 52.6 Å². The van der Waals surface area contributed by atoms with Gasteiger partial charge in [0.15, 0.2) is 0 Å². The largest absolute Gasteiger partial charge is 0.462 e. The molecule has 1 aromatic rings. The minimum Gasteiger partial charge on any atom is -0.462 e. The van der Waals surface area contributed by atoms with E-state index in [1.807, 2.05) is 13.8 Å². The van der Waals surface area contributed by atoms with Gasteiger partial charge < -0.3 is 9.47 Å². The van der Waals surface area contributed by atoms with Gasteiger partial charge in [0.05, 0.1) is 17.7 Å². The van der Waals surface area contributed by atoms with E-state index in [0.717, 1.165) is 25.7 Å². The Bertz CT molecular complexity index is 520. The van der Waals surface area contributed by atoms with E-state index in [-0.39, 0.29) is 18.0 Å². The van der Waals surface area contributed by atoms with E-state index in [0.29, 0.717) is 17.7 Å². The number of carbonyl (C=O) groups is 2. The summed E-state index contributed by atoms with van der Waals surface area (Å²) in [5.74, 6) is -0.773. The van der Waals surface area contributed by atoms with E-state index in [2.05, 4.69) is 6.92 Å². The SMILES string of the molecule is CCCCCCCCOC(=O)c1cccc(C(=O)OC(CC)CC)c1. The molecule has 0 N–H and O–H groups in total. The molecule has 0 bridgehead atoms. The Morgan fingerprint density at radius 1 is 0.880 bits per heavy atom. The first-order valence-corrected chi connectivity index (χ1v) is 9.60. The van der Waals surface area contributed by atoms with Gasteiger partial charge in [0, 0.05) is 0 Å². The molecule has 0 atom stereocenters. The lowest BCUT2D eigenvalue weighted by Crippen LogP contribution is -2.17. The molecule has 1 aromatic carbocycles. The molecule has 1 rings (SSSR count). The van der Waals surface area contributed by atoms with Gasteiger partial charge in [-0.25, -0.2) is 9.59 Å². The highest BCUT2D eigenvalue weighted by Crippen LogP contribution is 2.12. The third kappa shape index (κ3) is 8.19. The lowest BCUT2D eigenvalue weighted by atomic mass is 10.1. The standard InChI is InChI=1S/C21H32O4/c1-4-7-8-9-10-11-15-24-20(22)17-13-12-14-18(16-17)21(23)25-19(5-2)6-3/h12-14,16,19H,4-11,15H2,1-3H3. The number of carbonyl (C=O) groups excluding carboxylic acids is 2. The molecule has 0 radical (unpaired) electrons. The van der Waals surface area contributed by atoms with Crippen molar-refractivity contribution in [3.8, 4) is 0 Å². The third-order valence-electron chi connectivity index (χ3n) is 4.25. The number of unbranched alkanes of at least 4 members (excludes halogenated alkanes) is 5. The molecule has 0 aliphatic heterocycles. The van der Waals surface area contributed by atoms with Crippen LogP contribution in [0.2, 0.25) is 0 Å². The Hall–Kier alpha value is -1.84. The Morgan fingerprint density at radius 3 is 2.12 bits per heavy atom. The summed E-state index contributed by atoms with van der Waals surface area (Å²) >= 11 is 0. The highest BCUT2D eigenvalue weighted by atomic mass is 16.5.